The molecule has 2 aliphatic rings. The number of carboxylic acid groups (broad SMARTS) is 1. The van der Waals surface area contributed by atoms with Gasteiger partial charge in [-0.3, -0.25) is 4.79 Å². The van der Waals surface area contributed by atoms with Gasteiger partial charge >= 0.3 is 11.9 Å². The highest BCUT2D eigenvalue weighted by molar-refractivity contribution is 5.88. The average Bonchev–Trinajstić information content (AvgIpc) is 2.90. The number of aliphatic carboxylic acids is 1. The zero-order valence-corrected chi connectivity index (χ0v) is 15.3. The Kier molecular flexibility index (Phi) is 4.52. The van der Waals surface area contributed by atoms with Gasteiger partial charge < -0.3 is 14.3 Å². The lowest BCUT2D eigenvalue weighted by molar-refractivity contribution is -0.173. The van der Waals surface area contributed by atoms with Crippen LogP contribution in [0.25, 0.3) is 0 Å². The summed E-state index contributed by atoms with van der Waals surface area (Å²) in [6.07, 6.45) is 5.69. The van der Waals surface area contributed by atoms with Gasteiger partial charge in [0.15, 0.2) is 0 Å². The topological polar surface area (TPSA) is 76.7 Å². The fourth-order valence-electron chi connectivity index (χ4n) is 4.58. The summed E-state index contributed by atoms with van der Waals surface area (Å²) in [4.78, 5) is 24.3. The fourth-order valence-corrected chi connectivity index (χ4v) is 4.58. The third kappa shape index (κ3) is 2.90. The van der Waals surface area contributed by atoms with Crippen molar-refractivity contribution in [2.24, 2.45) is 17.3 Å². The van der Waals surface area contributed by atoms with Crippen LogP contribution in [0.5, 0.6) is 0 Å². The molecule has 2 aliphatic carbocycles. The Morgan fingerprint density at radius 2 is 2.12 bits per heavy atom. The van der Waals surface area contributed by atoms with Crippen LogP contribution in [0.15, 0.2) is 22.3 Å². The molecule has 1 aromatic heterocycles. The number of rotatable bonds is 3. The SMILES string of the molecule is CC=C(C)C(=O)OC1CCC2Cc3occ(C)c3CC2(C)C1C(=O)O. The Balaban J connectivity index is 1.93. The summed E-state index contributed by atoms with van der Waals surface area (Å²) in [5.74, 6) is -0.791. The highest BCUT2D eigenvalue weighted by Crippen LogP contribution is 2.53. The highest BCUT2D eigenvalue weighted by atomic mass is 16.5. The lowest BCUT2D eigenvalue weighted by Gasteiger charge is -2.50. The molecule has 1 heterocycles. The molecule has 5 nitrogen and oxygen atoms in total. The molecule has 136 valence electrons. The quantitative estimate of drug-likeness (QED) is 0.667. The summed E-state index contributed by atoms with van der Waals surface area (Å²) in [6.45, 7) is 7.49. The van der Waals surface area contributed by atoms with Crippen LogP contribution in [-0.4, -0.2) is 23.1 Å². The second kappa shape index (κ2) is 6.36. The lowest BCUT2D eigenvalue weighted by atomic mass is 9.54. The molecule has 3 rings (SSSR count). The maximum atomic E-state index is 12.2. The Morgan fingerprint density at radius 1 is 1.40 bits per heavy atom. The Bertz CT molecular complexity index is 728. The minimum Gasteiger partial charge on any atom is -0.481 e. The maximum Gasteiger partial charge on any atom is 0.333 e. The van der Waals surface area contributed by atoms with Gasteiger partial charge in [-0.25, -0.2) is 4.79 Å². The van der Waals surface area contributed by atoms with Crippen molar-refractivity contribution < 1.29 is 23.8 Å². The lowest BCUT2D eigenvalue weighted by Crippen LogP contribution is -2.54. The van der Waals surface area contributed by atoms with E-state index in [4.69, 9.17) is 9.15 Å². The summed E-state index contributed by atoms with van der Waals surface area (Å²) >= 11 is 0. The monoisotopic (exact) mass is 346 g/mol. The number of carbonyl (C=O) groups excluding carboxylic acids is 1. The van der Waals surface area contributed by atoms with Crippen molar-refractivity contribution in [1.82, 2.24) is 0 Å². The first-order valence-corrected chi connectivity index (χ1v) is 8.90. The van der Waals surface area contributed by atoms with Gasteiger partial charge in [0.1, 0.15) is 11.9 Å². The number of carboxylic acids is 1. The molecule has 4 atom stereocenters. The average molecular weight is 346 g/mol. The van der Waals surface area contributed by atoms with Gasteiger partial charge in [-0.1, -0.05) is 13.0 Å². The molecule has 0 bridgehead atoms. The number of allylic oxidation sites excluding steroid dienone is 1. The van der Waals surface area contributed by atoms with Crippen LogP contribution in [0.3, 0.4) is 0 Å². The molecule has 0 aromatic carbocycles. The number of esters is 1. The number of aryl methyl sites for hydroxylation is 1. The molecule has 0 amide bonds. The van der Waals surface area contributed by atoms with Crippen molar-refractivity contribution in [2.45, 2.75) is 59.5 Å². The highest BCUT2D eigenvalue weighted by Gasteiger charge is 2.55. The van der Waals surface area contributed by atoms with Crippen molar-refractivity contribution >= 4 is 11.9 Å². The summed E-state index contributed by atoms with van der Waals surface area (Å²) < 4.78 is 11.3. The molecule has 5 heteroatoms. The van der Waals surface area contributed by atoms with E-state index in [2.05, 4.69) is 0 Å². The van der Waals surface area contributed by atoms with Gasteiger partial charge in [0.25, 0.3) is 0 Å². The summed E-state index contributed by atoms with van der Waals surface area (Å²) in [5.41, 5.74) is 2.26. The summed E-state index contributed by atoms with van der Waals surface area (Å²) in [6, 6.07) is 0. The number of furan rings is 1. The fraction of sp³-hybridized carbons (Fsp3) is 0.600. The van der Waals surface area contributed by atoms with Crippen molar-refractivity contribution in [3.63, 3.8) is 0 Å². The van der Waals surface area contributed by atoms with E-state index in [9.17, 15) is 14.7 Å². The van der Waals surface area contributed by atoms with E-state index in [0.717, 1.165) is 29.7 Å². The number of hydrogen-bond donors (Lipinski definition) is 1. The molecule has 1 saturated carbocycles. The van der Waals surface area contributed by atoms with Crippen molar-refractivity contribution in [3.8, 4) is 0 Å². The minimum absolute atomic E-state index is 0.226. The number of ether oxygens (including phenoxy) is 1. The van der Waals surface area contributed by atoms with Gasteiger partial charge in [0, 0.05) is 12.0 Å². The van der Waals surface area contributed by atoms with Crippen LogP contribution >= 0.6 is 0 Å². The normalized spacial score (nSPS) is 31.8. The second-order valence-corrected chi connectivity index (χ2v) is 7.71. The van der Waals surface area contributed by atoms with E-state index in [1.54, 1.807) is 26.2 Å². The molecule has 1 aromatic rings. The molecule has 1 fully saturated rings. The molecular weight excluding hydrogens is 320 g/mol. The van der Waals surface area contributed by atoms with Gasteiger partial charge in [-0.05, 0) is 62.5 Å². The zero-order valence-electron chi connectivity index (χ0n) is 15.3. The Morgan fingerprint density at radius 3 is 2.76 bits per heavy atom. The third-order valence-electron chi connectivity index (χ3n) is 6.27. The van der Waals surface area contributed by atoms with Gasteiger partial charge in [-0.2, -0.15) is 0 Å². The van der Waals surface area contributed by atoms with E-state index in [0.29, 0.717) is 18.4 Å². The molecule has 1 N–H and O–H groups in total. The number of fused-ring (bicyclic) bond motifs is 2. The zero-order chi connectivity index (χ0) is 18.4. The van der Waals surface area contributed by atoms with Crippen molar-refractivity contribution in [2.75, 3.05) is 0 Å². The largest absolute Gasteiger partial charge is 0.481 e. The molecule has 0 spiro atoms. The van der Waals surface area contributed by atoms with Crippen molar-refractivity contribution in [1.29, 1.82) is 0 Å². The molecule has 0 radical (unpaired) electrons. The molecule has 0 aliphatic heterocycles. The third-order valence-corrected chi connectivity index (χ3v) is 6.27. The minimum atomic E-state index is -0.882. The van der Waals surface area contributed by atoms with Gasteiger partial charge in [-0.15, -0.1) is 0 Å². The summed E-state index contributed by atoms with van der Waals surface area (Å²) in [5, 5.41) is 9.96. The number of carbonyl (C=O) groups is 2. The first kappa shape index (κ1) is 17.8. The van der Waals surface area contributed by atoms with E-state index in [1.165, 1.54) is 0 Å². The van der Waals surface area contributed by atoms with E-state index >= 15 is 0 Å². The predicted octanol–water partition coefficient (Wildman–Crippen LogP) is 3.68. The van der Waals surface area contributed by atoms with E-state index < -0.39 is 29.4 Å². The van der Waals surface area contributed by atoms with Crippen molar-refractivity contribution in [3.05, 3.63) is 34.8 Å². The standard InChI is InChI=1S/C20H26O5/c1-5-11(2)19(23)25-15-7-6-13-8-16-14(12(3)10-24-16)9-20(13,4)17(15)18(21)22/h5,10,13,15,17H,6-9H2,1-4H3,(H,21,22). The van der Waals surface area contributed by atoms with Crippen LogP contribution in [0.4, 0.5) is 0 Å². The van der Waals surface area contributed by atoms with Crippen LogP contribution in [0, 0.1) is 24.2 Å². The second-order valence-electron chi connectivity index (χ2n) is 7.71. The number of hydrogen-bond acceptors (Lipinski definition) is 4. The molecular formula is C20H26O5. The van der Waals surface area contributed by atoms with Crippen LogP contribution in [0.2, 0.25) is 0 Å². The smallest absolute Gasteiger partial charge is 0.333 e. The molecule has 0 saturated heterocycles. The Labute approximate surface area is 148 Å². The Hall–Kier alpha value is -2.04. The summed E-state index contributed by atoms with van der Waals surface area (Å²) in [7, 11) is 0. The maximum absolute atomic E-state index is 12.2. The first-order valence-electron chi connectivity index (χ1n) is 8.90. The predicted molar refractivity (Wildman–Crippen MR) is 92.1 cm³/mol. The van der Waals surface area contributed by atoms with E-state index in [-0.39, 0.29) is 5.92 Å². The van der Waals surface area contributed by atoms with Crippen LogP contribution in [-0.2, 0) is 27.2 Å². The first-order chi connectivity index (χ1) is 11.8. The van der Waals surface area contributed by atoms with Gasteiger partial charge in [0.05, 0.1) is 12.2 Å². The molecule has 25 heavy (non-hydrogen) atoms. The van der Waals surface area contributed by atoms with Gasteiger partial charge in [0.2, 0.25) is 0 Å². The van der Waals surface area contributed by atoms with Crippen LogP contribution < -0.4 is 0 Å². The molecule has 4 unspecified atom stereocenters. The van der Waals surface area contributed by atoms with E-state index in [1.807, 2.05) is 13.8 Å². The van der Waals surface area contributed by atoms with Crippen LogP contribution in [0.1, 0.15) is 50.5 Å².